The van der Waals surface area contributed by atoms with E-state index in [9.17, 15) is 0 Å². The van der Waals surface area contributed by atoms with Gasteiger partial charge < -0.3 is 0 Å². The number of hydrogen-bond acceptors (Lipinski definition) is 0. The predicted octanol–water partition coefficient (Wildman–Crippen LogP) is 2.65. The fourth-order valence-electron chi connectivity index (χ4n) is 1.29. The van der Waals surface area contributed by atoms with Crippen molar-refractivity contribution in [1.82, 2.24) is 0 Å². The lowest BCUT2D eigenvalue weighted by atomic mass is 9.91. The summed E-state index contributed by atoms with van der Waals surface area (Å²) < 4.78 is 0. The maximum Gasteiger partial charge on any atom is 0.118 e. The summed E-state index contributed by atoms with van der Waals surface area (Å²) in [4.78, 5) is 0. The van der Waals surface area contributed by atoms with Gasteiger partial charge >= 0.3 is 0 Å². The molecule has 0 unspecified atom stereocenters. The molecule has 0 aromatic carbocycles. The number of rotatable bonds is 4. The lowest BCUT2D eigenvalue weighted by molar-refractivity contribution is 0.362. The van der Waals surface area contributed by atoms with E-state index < -0.39 is 0 Å². The predicted molar refractivity (Wildman–Crippen MR) is 43.8 cm³/mol. The molecule has 1 atom stereocenters. The molecule has 0 nitrogen and oxygen atoms in total. The van der Waals surface area contributed by atoms with Gasteiger partial charge in [-0.25, -0.2) is 0 Å². The largest absolute Gasteiger partial charge is 0.118 e. The Morgan fingerprint density at radius 2 is 1.67 bits per heavy atom. The molecular formula is C8H17Al. The van der Waals surface area contributed by atoms with Crippen LogP contribution >= 0.6 is 0 Å². The van der Waals surface area contributed by atoms with Gasteiger partial charge in [0.2, 0.25) is 0 Å². The molecule has 2 radical (unpaired) electrons. The smallest absolute Gasteiger partial charge is 0.115 e. The Bertz CT molecular complexity index is 57.6. The van der Waals surface area contributed by atoms with Gasteiger partial charge in [0.05, 0.1) is 0 Å². The van der Waals surface area contributed by atoms with Crippen LogP contribution in [0.4, 0.5) is 0 Å². The molecule has 0 spiro atoms. The van der Waals surface area contributed by atoms with Gasteiger partial charge in [-0.05, 0) is 5.92 Å². The van der Waals surface area contributed by atoms with Gasteiger partial charge in [-0.15, -0.1) is 5.28 Å². The van der Waals surface area contributed by atoms with E-state index in [1.54, 1.807) is 0 Å². The maximum absolute atomic E-state index is 2.82. The zero-order valence-electron chi connectivity index (χ0n) is 6.85. The first-order chi connectivity index (χ1) is 4.26. The van der Waals surface area contributed by atoms with Gasteiger partial charge in [-0.3, -0.25) is 0 Å². The van der Waals surface area contributed by atoms with E-state index in [4.69, 9.17) is 0 Å². The van der Waals surface area contributed by atoms with Crippen LogP contribution in [0.15, 0.2) is 0 Å². The highest BCUT2D eigenvalue weighted by atomic mass is 27.0. The first-order valence-corrected chi connectivity index (χ1v) is 4.77. The van der Waals surface area contributed by atoms with Crippen LogP contribution in [0, 0.1) is 11.8 Å². The van der Waals surface area contributed by atoms with Crippen LogP contribution in [0.3, 0.4) is 0 Å². The van der Waals surface area contributed by atoms with Crippen LogP contribution in [-0.4, -0.2) is 16.3 Å². The molecular weight excluding hydrogens is 123 g/mol. The standard InChI is InChI=1S/C8H17.Al/c1-5-8(6-2)7(3)4;/h7-8H,3,5-6H2,1-2,4H3;/t7-;/m0./s1. The molecule has 52 valence electrons. The Kier molecular flexibility index (Phi) is 5.64. The highest BCUT2D eigenvalue weighted by Crippen LogP contribution is 2.20. The molecule has 0 aliphatic rings. The van der Waals surface area contributed by atoms with Crippen molar-refractivity contribution in [2.45, 2.75) is 38.9 Å². The summed E-state index contributed by atoms with van der Waals surface area (Å²) in [6.45, 7) is 6.90. The van der Waals surface area contributed by atoms with Crippen LogP contribution < -0.4 is 0 Å². The van der Waals surface area contributed by atoms with Crippen LogP contribution in [0.1, 0.15) is 33.6 Å². The van der Waals surface area contributed by atoms with E-state index in [1.807, 2.05) is 0 Å². The lowest BCUT2D eigenvalue weighted by Crippen LogP contribution is -2.08. The second-order valence-electron chi connectivity index (χ2n) is 2.79. The quantitative estimate of drug-likeness (QED) is 0.526. The molecule has 0 rings (SSSR count). The summed E-state index contributed by atoms with van der Waals surface area (Å²) in [6, 6.07) is 0. The van der Waals surface area contributed by atoms with Gasteiger partial charge in [-0.1, -0.05) is 39.5 Å². The SMILES string of the molecule is CCC(CC)[C@H](C)[CH2][Al]. The molecule has 0 N–H and O–H groups in total. The van der Waals surface area contributed by atoms with Gasteiger partial charge in [0, 0.05) is 0 Å². The Morgan fingerprint density at radius 3 is 1.78 bits per heavy atom. The summed E-state index contributed by atoms with van der Waals surface area (Å²) in [5.41, 5.74) is 0. The average molecular weight is 140 g/mol. The number of hydrogen-bond donors (Lipinski definition) is 0. The normalized spacial score (nSPS) is 14.2. The summed E-state index contributed by atoms with van der Waals surface area (Å²) >= 11 is 2.82. The molecule has 0 saturated heterocycles. The van der Waals surface area contributed by atoms with E-state index in [0.717, 1.165) is 11.8 Å². The lowest BCUT2D eigenvalue weighted by Gasteiger charge is -2.19. The van der Waals surface area contributed by atoms with E-state index >= 15 is 0 Å². The van der Waals surface area contributed by atoms with Crippen LogP contribution in [-0.2, 0) is 0 Å². The van der Waals surface area contributed by atoms with Crippen LogP contribution in [0.2, 0.25) is 5.28 Å². The molecule has 0 saturated carbocycles. The average Bonchev–Trinajstić information content (AvgIpc) is 1.90. The molecule has 9 heavy (non-hydrogen) atoms. The minimum absolute atomic E-state index is 0.894. The van der Waals surface area contributed by atoms with E-state index in [-0.39, 0.29) is 0 Å². The molecule has 0 aliphatic heterocycles. The van der Waals surface area contributed by atoms with Crippen LogP contribution in [0.5, 0.6) is 0 Å². The first kappa shape index (κ1) is 9.53. The molecule has 0 aliphatic carbocycles. The minimum Gasteiger partial charge on any atom is -0.115 e. The van der Waals surface area contributed by atoms with Gasteiger partial charge in [0.15, 0.2) is 0 Å². The van der Waals surface area contributed by atoms with Gasteiger partial charge in [0.25, 0.3) is 0 Å². The monoisotopic (exact) mass is 140 g/mol. The first-order valence-electron chi connectivity index (χ1n) is 3.96. The summed E-state index contributed by atoms with van der Waals surface area (Å²) in [5.74, 6) is 1.84. The second kappa shape index (κ2) is 5.33. The topological polar surface area (TPSA) is 0 Å². The van der Waals surface area contributed by atoms with Crippen molar-refractivity contribution in [3.05, 3.63) is 0 Å². The zero-order valence-corrected chi connectivity index (χ0v) is 8.01. The van der Waals surface area contributed by atoms with E-state index in [2.05, 4.69) is 37.1 Å². The molecule has 1 heteroatoms. The highest BCUT2D eigenvalue weighted by molar-refractivity contribution is 6.08. The maximum atomic E-state index is 2.82. The van der Waals surface area contributed by atoms with Gasteiger partial charge in [-0.2, -0.15) is 0 Å². The minimum atomic E-state index is 0.894. The van der Waals surface area contributed by atoms with Crippen molar-refractivity contribution < 1.29 is 0 Å². The molecule has 0 amide bonds. The third-order valence-corrected chi connectivity index (χ3v) is 2.97. The molecule has 0 aromatic rings. The van der Waals surface area contributed by atoms with Crippen molar-refractivity contribution in [3.63, 3.8) is 0 Å². The molecule has 0 heterocycles. The summed E-state index contributed by atoms with van der Waals surface area (Å²) in [6.07, 6.45) is 2.68. The zero-order chi connectivity index (χ0) is 7.28. The van der Waals surface area contributed by atoms with Gasteiger partial charge in [0.1, 0.15) is 16.3 Å². The van der Waals surface area contributed by atoms with Crippen molar-refractivity contribution in [2.75, 3.05) is 0 Å². The Balaban J connectivity index is 3.50. The third kappa shape index (κ3) is 3.28. The van der Waals surface area contributed by atoms with E-state index in [0.29, 0.717) is 0 Å². The highest BCUT2D eigenvalue weighted by Gasteiger charge is 2.09. The van der Waals surface area contributed by atoms with Crippen molar-refractivity contribution in [1.29, 1.82) is 0 Å². The van der Waals surface area contributed by atoms with Crippen molar-refractivity contribution in [2.24, 2.45) is 11.8 Å². The Hall–Kier alpha value is 0.532. The molecule has 0 aromatic heterocycles. The Labute approximate surface area is 67.5 Å². The van der Waals surface area contributed by atoms with E-state index in [1.165, 1.54) is 18.1 Å². The second-order valence-corrected chi connectivity index (χ2v) is 3.26. The fourth-order valence-corrected chi connectivity index (χ4v) is 1.67. The Morgan fingerprint density at radius 1 is 1.22 bits per heavy atom. The molecule has 0 fully saturated rings. The van der Waals surface area contributed by atoms with Crippen molar-refractivity contribution >= 4 is 16.3 Å². The third-order valence-electron chi connectivity index (χ3n) is 2.23. The molecule has 0 bridgehead atoms. The fraction of sp³-hybridized carbons (Fsp3) is 1.00. The van der Waals surface area contributed by atoms with Crippen LogP contribution in [0.25, 0.3) is 0 Å². The summed E-state index contributed by atoms with van der Waals surface area (Å²) in [5, 5.41) is 1.26. The van der Waals surface area contributed by atoms with Crippen molar-refractivity contribution in [3.8, 4) is 0 Å². The summed E-state index contributed by atoms with van der Waals surface area (Å²) in [7, 11) is 0.